The lowest BCUT2D eigenvalue weighted by Crippen LogP contribution is -2.27. The lowest BCUT2D eigenvalue weighted by molar-refractivity contribution is 0.425. The maximum absolute atomic E-state index is 6.42. The number of halogens is 1. The summed E-state index contributed by atoms with van der Waals surface area (Å²) in [6.07, 6.45) is 3.85. The first-order valence-electron chi connectivity index (χ1n) is 7.66. The van der Waals surface area contributed by atoms with Crippen molar-refractivity contribution >= 4 is 11.6 Å². The molecule has 1 heterocycles. The molecule has 3 nitrogen and oxygen atoms in total. The quantitative estimate of drug-likeness (QED) is 0.821. The number of benzene rings is 1. The van der Waals surface area contributed by atoms with Gasteiger partial charge in [-0.1, -0.05) is 55.8 Å². The lowest BCUT2D eigenvalue weighted by atomic mass is 9.87. The van der Waals surface area contributed by atoms with E-state index in [9.17, 15) is 0 Å². The maximum atomic E-state index is 6.42. The summed E-state index contributed by atoms with van der Waals surface area (Å²) < 4.78 is 2.04. The van der Waals surface area contributed by atoms with Crippen molar-refractivity contribution in [1.29, 1.82) is 0 Å². The zero-order valence-corrected chi connectivity index (χ0v) is 13.8. The van der Waals surface area contributed by atoms with Crippen LogP contribution < -0.4 is 5.32 Å². The highest BCUT2D eigenvalue weighted by molar-refractivity contribution is 6.31. The van der Waals surface area contributed by atoms with Crippen LogP contribution in [0.4, 0.5) is 0 Å². The number of hydrogen-bond donors (Lipinski definition) is 1. The topological polar surface area (TPSA) is 29.9 Å². The van der Waals surface area contributed by atoms with E-state index in [1.165, 1.54) is 5.56 Å². The molecule has 0 radical (unpaired) electrons. The van der Waals surface area contributed by atoms with Crippen LogP contribution in [-0.4, -0.2) is 16.8 Å². The molecule has 21 heavy (non-hydrogen) atoms. The maximum Gasteiger partial charge on any atom is 0.0834 e. The summed E-state index contributed by atoms with van der Waals surface area (Å²) >= 11 is 6.42. The van der Waals surface area contributed by atoms with Gasteiger partial charge in [-0.3, -0.25) is 4.68 Å². The van der Waals surface area contributed by atoms with Crippen molar-refractivity contribution in [3.8, 4) is 0 Å². The Kier molecular flexibility index (Phi) is 5.83. The smallest absolute Gasteiger partial charge is 0.0834 e. The van der Waals surface area contributed by atoms with Gasteiger partial charge >= 0.3 is 0 Å². The molecule has 2 aromatic rings. The van der Waals surface area contributed by atoms with E-state index in [2.05, 4.69) is 54.6 Å². The van der Waals surface area contributed by atoms with Crippen LogP contribution in [0.5, 0.6) is 0 Å². The molecule has 2 rings (SSSR count). The molecule has 4 heteroatoms. The van der Waals surface area contributed by atoms with Crippen molar-refractivity contribution < 1.29 is 0 Å². The molecule has 0 bridgehead atoms. The van der Waals surface area contributed by atoms with Gasteiger partial charge in [-0.15, -0.1) is 0 Å². The normalized spacial score (nSPS) is 14.1. The minimum absolute atomic E-state index is 0.166. The average molecular weight is 306 g/mol. The highest BCUT2D eigenvalue weighted by Gasteiger charge is 2.27. The Hall–Kier alpha value is -1.32. The minimum Gasteiger partial charge on any atom is -0.311 e. The lowest BCUT2D eigenvalue weighted by Gasteiger charge is -2.27. The van der Waals surface area contributed by atoms with E-state index in [1.54, 1.807) is 6.20 Å². The molecular formula is C17H24ClN3. The average Bonchev–Trinajstić information content (AvgIpc) is 2.87. The Labute approximate surface area is 132 Å². The Balaban J connectivity index is 2.40. The SMILES string of the molecule is CCCn1ncc(Cl)c1C(NC)C(CC)c1ccccc1. The Morgan fingerprint density at radius 1 is 1.24 bits per heavy atom. The first kappa shape index (κ1) is 16.1. The van der Waals surface area contributed by atoms with Crippen molar-refractivity contribution in [2.24, 2.45) is 0 Å². The van der Waals surface area contributed by atoms with E-state index in [0.717, 1.165) is 30.1 Å². The summed E-state index contributed by atoms with van der Waals surface area (Å²) in [6.45, 7) is 5.27. The molecule has 2 atom stereocenters. The molecule has 0 fully saturated rings. The van der Waals surface area contributed by atoms with Crippen LogP contribution in [0.3, 0.4) is 0 Å². The van der Waals surface area contributed by atoms with Crippen LogP contribution in [0.15, 0.2) is 36.5 Å². The van der Waals surface area contributed by atoms with Gasteiger partial charge in [0.25, 0.3) is 0 Å². The van der Waals surface area contributed by atoms with Gasteiger partial charge in [0.05, 0.1) is 23.0 Å². The van der Waals surface area contributed by atoms with Gasteiger partial charge in [0.2, 0.25) is 0 Å². The second kappa shape index (κ2) is 7.62. The molecule has 2 unspecified atom stereocenters. The van der Waals surface area contributed by atoms with E-state index < -0.39 is 0 Å². The summed E-state index contributed by atoms with van der Waals surface area (Å²) in [7, 11) is 2.00. The van der Waals surface area contributed by atoms with Gasteiger partial charge in [-0.2, -0.15) is 5.10 Å². The second-order valence-corrected chi connectivity index (χ2v) is 5.70. The van der Waals surface area contributed by atoms with Gasteiger partial charge in [0.15, 0.2) is 0 Å². The fraction of sp³-hybridized carbons (Fsp3) is 0.471. The van der Waals surface area contributed by atoms with Gasteiger partial charge < -0.3 is 5.32 Å². The van der Waals surface area contributed by atoms with E-state index >= 15 is 0 Å². The van der Waals surface area contributed by atoms with Gasteiger partial charge in [0.1, 0.15) is 0 Å². The molecule has 0 amide bonds. The highest BCUT2D eigenvalue weighted by Crippen LogP contribution is 2.36. The fourth-order valence-electron chi connectivity index (χ4n) is 2.96. The van der Waals surface area contributed by atoms with Crippen LogP contribution in [0, 0.1) is 0 Å². The number of aromatic nitrogens is 2. The first-order chi connectivity index (χ1) is 10.2. The fourth-order valence-corrected chi connectivity index (χ4v) is 3.22. The molecule has 114 valence electrons. The minimum atomic E-state index is 0.166. The third kappa shape index (κ3) is 3.47. The van der Waals surface area contributed by atoms with Gasteiger partial charge in [-0.25, -0.2) is 0 Å². The summed E-state index contributed by atoms with van der Waals surface area (Å²) in [6, 6.07) is 10.8. The Morgan fingerprint density at radius 3 is 2.52 bits per heavy atom. The van der Waals surface area contributed by atoms with Crippen molar-refractivity contribution in [2.45, 2.75) is 45.2 Å². The van der Waals surface area contributed by atoms with Crippen LogP contribution in [-0.2, 0) is 6.54 Å². The van der Waals surface area contributed by atoms with Crippen molar-refractivity contribution in [1.82, 2.24) is 15.1 Å². The van der Waals surface area contributed by atoms with Crippen LogP contribution in [0.1, 0.15) is 49.9 Å². The summed E-state index contributed by atoms with van der Waals surface area (Å²) in [5.41, 5.74) is 2.43. The monoisotopic (exact) mass is 305 g/mol. The van der Waals surface area contributed by atoms with Crippen molar-refractivity contribution in [3.05, 3.63) is 52.8 Å². The molecule has 1 N–H and O–H groups in total. The third-order valence-electron chi connectivity index (χ3n) is 3.94. The van der Waals surface area contributed by atoms with Crippen LogP contribution >= 0.6 is 11.6 Å². The first-order valence-corrected chi connectivity index (χ1v) is 8.04. The standard InChI is InChI=1S/C17H24ClN3/c1-4-11-21-17(15(18)12-20-21)16(19-3)14(5-2)13-9-7-6-8-10-13/h6-10,12,14,16,19H,4-5,11H2,1-3H3. The van der Waals surface area contributed by atoms with Crippen LogP contribution in [0.25, 0.3) is 0 Å². The molecule has 0 saturated heterocycles. The summed E-state index contributed by atoms with van der Waals surface area (Å²) in [5, 5.41) is 8.63. The molecule has 1 aromatic carbocycles. The zero-order chi connectivity index (χ0) is 15.2. The molecule has 0 saturated carbocycles. The molecule has 0 aliphatic heterocycles. The number of nitrogens with zero attached hydrogens (tertiary/aromatic N) is 2. The number of hydrogen-bond acceptors (Lipinski definition) is 2. The van der Waals surface area contributed by atoms with Crippen molar-refractivity contribution in [3.63, 3.8) is 0 Å². The van der Waals surface area contributed by atoms with E-state index in [-0.39, 0.29) is 6.04 Å². The summed E-state index contributed by atoms with van der Waals surface area (Å²) in [5.74, 6) is 0.376. The van der Waals surface area contributed by atoms with E-state index in [4.69, 9.17) is 11.6 Å². The number of aryl methyl sites for hydroxylation is 1. The van der Waals surface area contributed by atoms with Gasteiger partial charge in [-0.05, 0) is 25.5 Å². The largest absolute Gasteiger partial charge is 0.311 e. The van der Waals surface area contributed by atoms with Gasteiger partial charge in [0, 0.05) is 12.5 Å². The predicted molar refractivity (Wildman–Crippen MR) is 88.8 cm³/mol. The Morgan fingerprint density at radius 2 is 1.95 bits per heavy atom. The molecule has 1 aromatic heterocycles. The van der Waals surface area contributed by atoms with E-state index in [0.29, 0.717) is 5.92 Å². The van der Waals surface area contributed by atoms with Crippen molar-refractivity contribution in [2.75, 3.05) is 7.05 Å². The molecular weight excluding hydrogens is 282 g/mol. The zero-order valence-electron chi connectivity index (χ0n) is 13.0. The second-order valence-electron chi connectivity index (χ2n) is 5.29. The predicted octanol–water partition coefficient (Wildman–Crippen LogP) is 4.40. The molecule has 0 spiro atoms. The Bertz CT molecular complexity index is 550. The number of nitrogens with one attached hydrogen (secondary N) is 1. The summed E-state index contributed by atoms with van der Waals surface area (Å²) in [4.78, 5) is 0. The highest BCUT2D eigenvalue weighted by atomic mass is 35.5. The van der Waals surface area contributed by atoms with Crippen LogP contribution in [0.2, 0.25) is 5.02 Å². The number of rotatable bonds is 7. The third-order valence-corrected chi connectivity index (χ3v) is 4.24. The van der Waals surface area contributed by atoms with E-state index in [1.807, 2.05) is 11.7 Å². The molecule has 0 aliphatic rings. The number of likely N-dealkylation sites (N-methyl/N-ethyl adjacent to an activating group) is 1. The molecule has 0 aliphatic carbocycles.